The number of hydrogen-bond donors (Lipinski definition) is 1. The number of nitrogens with zero attached hydrogens (tertiary/aromatic N) is 1. The molecule has 2 aromatic rings. The predicted molar refractivity (Wildman–Crippen MR) is 71.6 cm³/mol. The number of oxazole rings is 1. The van der Waals surface area contributed by atoms with Gasteiger partial charge in [-0.1, -0.05) is 26.0 Å². The Labute approximate surface area is 107 Å². The Kier molecular flexibility index (Phi) is 3.55. The molecule has 0 unspecified atom stereocenters. The molecular weight excluding hydrogens is 228 g/mol. The molecule has 18 heavy (non-hydrogen) atoms. The highest BCUT2D eigenvalue weighted by atomic mass is 16.5. The molecule has 0 fully saturated rings. The van der Waals surface area contributed by atoms with E-state index in [4.69, 9.17) is 14.9 Å². The zero-order chi connectivity index (χ0) is 13.1. The van der Waals surface area contributed by atoms with Gasteiger partial charge in [0.2, 0.25) is 0 Å². The second-order valence-corrected chi connectivity index (χ2v) is 4.38. The maximum atomic E-state index is 5.64. The predicted octanol–water partition coefficient (Wildman–Crippen LogP) is 3.45. The number of aromatic nitrogens is 1. The van der Waals surface area contributed by atoms with Gasteiger partial charge in [0.25, 0.3) is 6.01 Å². The van der Waals surface area contributed by atoms with Crippen LogP contribution in [0.4, 0.5) is 6.01 Å². The van der Waals surface area contributed by atoms with Crippen LogP contribution in [-0.2, 0) is 0 Å². The standard InChI is InChI=1S/C14H18N2O2/c1-4-17-11-7-5-6-10(8-11)13-12(9(2)3)16-14(15)18-13/h5-9H,4H2,1-3H3,(H2,15,16). The van der Waals surface area contributed by atoms with Gasteiger partial charge in [-0.15, -0.1) is 0 Å². The summed E-state index contributed by atoms with van der Waals surface area (Å²) in [6.45, 7) is 6.72. The number of ether oxygens (including phenoxy) is 1. The summed E-state index contributed by atoms with van der Waals surface area (Å²) < 4.78 is 11.0. The van der Waals surface area contributed by atoms with Gasteiger partial charge in [-0.25, -0.2) is 0 Å². The highest BCUT2D eigenvalue weighted by Crippen LogP contribution is 2.32. The quantitative estimate of drug-likeness (QED) is 0.897. The summed E-state index contributed by atoms with van der Waals surface area (Å²) >= 11 is 0. The first-order valence-electron chi connectivity index (χ1n) is 6.11. The van der Waals surface area contributed by atoms with Gasteiger partial charge < -0.3 is 14.9 Å². The van der Waals surface area contributed by atoms with Gasteiger partial charge in [0, 0.05) is 5.56 Å². The smallest absolute Gasteiger partial charge is 0.292 e. The third kappa shape index (κ3) is 2.47. The third-order valence-electron chi connectivity index (χ3n) is 2.62. The van der Waals surface area contributed by atoms with Crippen molar-refractivity contribution >= 4 is 6.01 Å². The van der Waals surface area contributed by atoms with Crippen LogP contribution < -0.4 is 10.5 Å². The summed E-state index contributed by atoms with van der Waals surface area (Å²) in [7, 11) is 0. The van der Waals surface area contributed by atoms with Crippen LogP contribution in [0, 0.1) is 0 Å². The molecule has 0 aliphatic carbocycles. The van der Waals surface area contributed by atoms with Crippen molar-refractivity contribution in [3.8, 4) is 17.1 Å². The van der Waals surface area contributed by atoms with Gasteiger partial charge in [-0.2, -0.15) is 4.98 Å². The minimum absolute atomic E-state index is 0.204. The molecule has 2 N–H and O–H groups in total. The second-order valence-electron chi connectivity index (χ2n) is 4.38. The van der Waals surface area contributed by atoms with E-state index in [9.17, 15) is 0 Å². The summed E-state index contributed by atoms with van der Waals surface area (Å²) in [5, 5.41) is 0. The molecule has 0 atom stereocenters. The van der Waals surface area contributed by atoms with Crippen molar-refractivity contribution in [3.63, 3.8) is 0 Å². The normalized spacial score (nSPS) is 10.9. The van der Waals surface area contributed by atoms with E-state index in [1.54, 1.807) is 0 Å². The van der Waals surface area contributed by atoms with Crippen LogP contribution in [0.3, 0.4) is 0 Å². The molecule has 4 nitrogen and oxygen atoms in total. The molecule has 0 bridgehead atoms. The molecule has 0 radical (unpaired) electrons. The molecule has 0 spiro atoms. The van der Waals surface area contributed by atoms with E-state index in [-0.39, 0.29) is 11.9 Å². The van der Waals surface area contributed by atoms with Gasteiger partial charge >= 0.3 is 0 Å². The van der Waals surface area contributed by atoms with E-state index in [0.29, 0.717) is 6.61 Å². The second kappa shape index (κ2) is 5.12. The first kappa shape index (κ1) is 12.5. The van der Waals surface area contributed by atoms with Gasteiger partial charge in [-0.3, -0.25) is 0 Å². The maximum Gasteiger partial charge on any atom is 0.292 e. The lowest BCUT2D eigenvalue weighted by atomic mass is 10.0. The molecule has 2 rings (SSSR count). The number of hydrogen-bond acceptors (Lipinski definition) is 4. The van der Waals surface area contributed by atoms with E-state index in [1.165, 1.54) is 0 Å². The molecule has 0 aliphatic heterocycles. The third-order valence-corrected chi connectivity index (χ3v) is 2.62. The van der Waals surface area contributed by atoms with Crippen molar-refractivity contribution in [1.29, 1.82) is 0 Å². The average Bonchev–Trinajstić information content (AvgIpc) is 2.72. The van der Waals surface area contributed by atoms with Crippen LogP contribution in [0.2, 0.25) is 0 Å². The Morgan fingerprint density at radius 1 is 1.39 bits per heavy atom. The van der Waals surface area contributed by atoms with Crippen molar-refractivity contribution < 1.29 is 9.15 Å². The summed E-state index contributed by atoms with van der Waals surface area (Å²) in [5.41, 5.74) is 7.46. The Hall–Kier alpha value is -1.97. The Morgan fingerprint density at radius 2 is 2.17 bits per heavy atom. The number of anilines is 1. The van der Waals surface area contributed by atoms with Crippen LogP contribution in [0.25, 0.3) is 11.3 Å². The summed E-state index contributed by atoms with van der Waals surface area (Å²) in [6.07, 6.45) is 0. The molecule has 96 valence electrons. The molecule has 4 heteroatoms. The zero-order valence-electron chi connectivity index (χ0n) is 10.9. The van der Waals surface area contributed by atoms with E-state index in [0.717, 1.165) is 22.8 Å². The monoisotopic (exact) mass is 246 g/mol. The molecule has 1 aromatic heterocycles. The van der Waals surface area contributed by atoms with Crippen LogP contribution in [-0.4, -0.2) is 11.6 Å². The highest BCUT2D eigenvalue weighted by molar-refractivity contribution is 5.63. The first-order valence-corrected chi connectivity index (χ1v) is 6.11. The van der Waals surface area contributed by atoms with Crippen LogP contribution in [0.15, 0.2) is 28.7 Å². The maximum absolute atomic E-state index is 5.64. The van der Waals surface area contributed by atoms with Gasteiger partial charge in [0.05, 0.1) is 12.3 Å². The van der Waals surface area contributed by atoms with E-state index >= 15 is 0 Å². The summed E-state index contributed by atoms with van der Waals surface area (Å²) in [6, 6.07) is 7.96. The minimum atomic E-state index is 0.204. The lowest BCUT2D eigenvalue weighted by molar-refractivity contribution is 0.340. The molecule has 0 saturated heterocycles. The lowest BCUT2D eigenvalue weighted by Crippen LogP contribution is -1.93. The molecule has 0 amide bonds. The van der Waals surface area contributed by atoms with Crippen molar-refractivity contribution in [3.05, 3.63) is 30.0 Å². The fourth-order valence-electron chi connectivity index (χ4n) is 1.84. The highest BCUT2D eigenvalue weighted by Gasteiger charge is 2.16. The Morgan fingerprint density at radius 3 is 2.83 bits per heavy atom. The van der Waals surface area contributed by atoms with Crippen LogP contribution >= 0.6 is 0 Å². The Bertz CT molecular complexity index is 532. The number of nitrogen functional groups attached to an aromatic ring is 1. The first-order chi connectivity index (χ1) is 8.61. The molecule has 1 heterocycles. The molecule has 1 aromatic carbocycles. The molecule has 0 saturated carbocycles. The molecule has 0 aliphatic rings. The minimum Gasteiger partial charge on any atom is -0.494 e. The van der Waals surface area contributed by atoms with Crippen molar-refractivity contribution in [1.82, 2.24) is 4.98 Å². The molecular formula is C14H18N2O2. The summed E-state index contributed by atoms with van der Waals surface area (Å²) in [5.74, 6) is 1.81. The van der Waals surface area contributed by atoms with E-state index in [1.807, 2.05) is 31.2 Å². The number of nitrogens with two attached hydrogens (primary N) is 1. The van der Waals surface area contributed by atoms with Gasteiger partial charge in [-0.05, 0) is 25.0 Å². The lowest BCUT2D eigenvalue weighted by Gasteiger charge is -2.06. The van der Waals surface area contributed by atoms with E-state index < -0.39 is 0 Å². The van der Waals surface area contributed by atoms with E-state index in [2.05, 4.69) is 18.8 Å². The fraction of sp³-hybridized carbons (Fsp3) is 0.357. The van der Waals surface area contributed by atoms with Crippen molar-refractivity contribution in [2.24, 2.45) is 0 Å². The van der Waals surface area contributed by atoms with Crippen molar-refractivity contribution in [2.75, 3.05) is 12.3 Å². The Balaban J connectivity index is 2.44. The van der Waals surface area contributed by atoms with Crippen LogP contribution in [0.5, 0.6) is 5.75 Å². The topological polar surface area (TPSA) is 61.3 Å². The SMILES string of the molecule is CCOc1cccc(-c2oc(N)nc2C(C)C)c1. The zero-order valence-corrected chi connectivity index (χ0v) is 10.9. The fourth-order valence-corrected chi connectivity index (χ4v) is 1.84. The van der Waals surface area contributed by atoms with Gasteiger partial charge in [0.15, 0.2) is 5.76 Å². The largest absolute Gasteiger partial charge is 0.494 e. The summed E-state index contributed by atoms with van der Waals surface area (Å²) in [4.78, 5) is 4.23. The van der Waals surface area contributed by atoms with Crippen molar-refractivity contribution in [2.45, 2.75) is 26.7 Å². The van der Waals surface area contributed by atoms with Crippen LogP contribution in [0.1, 0.15) is 32.4 Å². The number of rotatable bonds is 4. The van der Waals surface area contributed by atoms with Gasteiger partial charge in [0.1, 0.15) is 5.75 Å². The number of benzene rings is 1. The average molecular weight is 246 g/mol.